The van der Waals surface area contributed by atoms with Crippen LogP contribution in [0.5, 0.6) is 5.75 Å². The molecule has 0 spiro atoms. The molecule has 0 saturated heterocycles. The van der Waals surface area contributed by atoms with Crippen molar-refractivity contribution in [3.05, 3.63) is 83.4 Å². The Labute approximate surface area is 171 Å². The summed E-state index contributed by atoms with van der Waals surface area (Å²) in [6, 6.07) is 15.6. The molecule has 0 saturated carbocycles. The fourth-order valence-corrected chi connectivity index (χ4v) is 3.26. The molecule has 152 valence electrons. The molecule has 1 amide bonds. The van der Waals surface area contributed by atoms with E-state index in [9.17, 15) is 4.79 Å². The van der Waals surface area contributed by atoms with Crippen molar-refractivity contribution in [2.24, 2.45) is 5.73 Å². The highest BCUT2D eigenvalue weighted by atomic mass is 16.5. The van der Waals surface area contributed by atoms with Gasteiger partial charge >= 0.3 is 0 Å². The van der Waals surface area contributed by atoms with Gasteiger partial charge in [0.1, 0.15) is 5.75 Å². The lowest BCUT2D eigenvalue weighted by molar-refractivity contribution is -0.122. The van der Waals surface area contributed by atoms with Crippen LogP contribution in [-0.2, 0) is 24.2 Å². The summed E-state index contributed by atoms with van der Waals surface area (Å²) in [5.41, 5.74) is 10.3. The minimum atomic E-state index is -0.630. The van der Waals surface area contributed by atoms with Crippen molar-refractivity contribution in [1.82, 2.24) is 14.9 Å². The van der Waals surface area contributed by atoms with Gasteiger partial charge in [0.25, 0.3) is 0 Å². The van der Waals surface area contributed by atoms with Crippen LogP contribution in [0.25, 0.3) is 0 Å². The first kappa shape index (κ1) is 20.6. The van der Waals surface area contributed by atoms with Crippen molar-refractivity contribution >= 4 is 5.91 Å². The molecular formula is C23H28N4O2. The van der Waals surface area contributed by atoms with Crippen molar-refractivity contribution < 1.29 is 9.53 Å². The number of carbonyl (C=O) groups excluding carboxylic acids is 1. The molecule has 0 bridgehead atoms. The quantitative estimate of drug-likeness (QED) is 0.586. The van der Waals surface area contributed by atoms with Gasteiger partial charge in [-0.3, -0.25) is 4.79 Å². The van der Waals surface area contributed by atoms with E-state index < -0.39 is 6.04 Å². The van der Waals surface area contributed by atoms with E-state index >= 15 is 0 Å². The molecule has 3 N–H and O–H groups in total. The van der Waals surface area contributed by atoms with Crippen LogP contribution in [0, 0.1) is 6.92 Å². The summed E-state index contributed by atoms with van der Waals surface area (Å²) in [5, 5.41) is 2.91. The van der Waals surface area contributed by atoms with Crippen molar-refractivity contribution in [3.8, 4) is 5.75 Å². The maximum atomic E-state index is 12.4. The summed E-state index contributed by atoms with van der Waals surface area (Å²) < 4.78 is 7.38. The second kappa shape index (κ2) is 9.89. The molecule has 0 radical (unpaired) electrons. The molecule has 3 rings (SSSR count). The minimum absolute atomic E-state index is 0.172. The summed E-state index contributed by atoms with van der Waals surface area (Å²) in [5.74, 6) is 0.660. The smallest absolute Gasteiger partial charge is 0.237 e. The highest BCUT2D eigenvalue weighted by Crippen LogP contribution is 2.19. The molecule has 0 aliphatic rings. The fourth-order valence-electron chi connectivity index (χ4n) is 3.26. The average molecular weight is 393 g/mol. The number of rotatable bonds is 9. The van der Waals surface area contributed by atoms with Crippen LogP contribution >= 0.6 is 0 Å². The number of hydrogen-bond acceptors (Lipinski definition) is 4. The maximum Gasteiger partial charge on any atom is 0.237 e. The summed E-state index contributed by atoms with van der Waals surface area (Å²) in [4.78, 5) is 16.7. The molecule has 0 aliphatic carbocycles. The number of methoxy groups -OCH3 is 1. The number of amides is 1. The summed E-state index contributed by atoms with van der Waals surface area (Å²) in [7, 11) is 1.65. The van der Waals surface area contributed by atoms with E-state index in [1.165, 1.54) is 5.56 Å². The number of ether oxygens (including phenoxy) is 1. The average Bonchev–Trinajstić information content (AvgIpc) is 3.15. The van der Waals surface area contributed by atoms with E-state index in [2.05, 4.69) is 28.5 Å². The number of hydrogen-bond donors (Lipinski definition) is 2. The van der Waals surface area contributed by atoms with Crippen molar-refractivity contribution in [1.29, 1.82) is 0 Å². The second-order valence-electron chi connectivity index (χ2n) is 7.19. The monoisotopic (exact) mass is 392 g/mol. The number of nitrogens with zero attached hydrogens (tertiary/aromatic N) is 2. The second-order valence-corrected chi connectivity index (χ2v) is 7.19. The molecule has 2 aromatic carbocycles. The third-order valence-electron chi connectivity index (χ3n) is 4.79. The number of nitrogens with two attached hydrogens (primary N) is 1. The van der Waals surface area contributed by atoms with Crippen LogP contribution in [0.15, 0.2) is 61.1 Å². The number of nitrogens with one attached hydrogen (secondary N) is 1. The molecule has 0 unspecified atom stereocenters. The normalized spacial score (nSPS) is 11.8. The third-order valence-corrected chi connectivity index (χ3v) is 4.79. The molecule has 0 fully saturated rings. The SMILES string of the molecule is COc1ccc(C)cc1CCNC(=O)[C@@H](N)Cc1cn(Cc2ccccc2)cn1. The minimum Gasteiger partial charge on any atom is -0.496 e. The zero-order valence-corrected chi connectivity index (χ0v) is 17.0. The number of imidazole rings is 1. The van der Waals surface area contributed by atoms with Crippen LogP contribution in [0.1, 0.15) is 22.4 Å². The first-order chi connectivity index (χ1) is 14.0. The van der Waals surface area contributed by atoms with Gasteiger partial charge in [-0.05, 0) is 30.5 Å². The number of carbonyl (C=O) groups is 1. The molecule has 1 aromatic heterocycles. The summed E-state index contributed by atoms with van der Waals surface area (Å²) >= 11 is 0. The van der Waals surface area contributed by atoms with Crippen molar-refractivity contribution in [2.45, 2.75) is 32.4 Å². The Balaban J connectivity index is 1.48. The Morgan fingerprint density at radius 1 is 1.24 bits per heavy atom. The van der Waals surface area contributed by atoms with Crippen LogP contribution in [0.3, 0.4) is 0 Å². The van der Waals surface area contributed by atoms with E-state index in [4.69, 9.17) is 10.5 Å². The van der Waals surface area contributed by atoms with Gasteiger partial charge in [-0.2, -0.15) is 0 Å². The molecule has 6 heteroatoms. The van der Waals surface area contributed by atoms with E-state index in [0.717, 1.165) is 29.1 Å². The van der Waals surface area contributed by atoms with E-state index in [0.29, 0.717) is 19.4 Å². The molecule has 1 atom stereocenters. The molecule has 0 aliphatic heterocycles. The number of aryl methyl sites for hydroxylation is 1. The van der Waals surface area contributed by atoms with Crippen LogP contribution < -0.4 is 15.8 Å². The van der Waals surface area contributed by atoms with Gasteiger partial charge in [-0.25, -0.2) is 4.98 Å². The number of aromatic nitrogens is 2. The topological polar surface area (TPSA) is 82.2 Å². The Bertz CT molecular complexity index is 937. The van der Waals surface area contributed by atoms with Gasteiger partial charge in [0.15, 0.2) is 0 Å². The zero-order valence-electron chi connectivity index (χ0n) is 17.0. The first-order valence-corrected chi connectivity index (χ1v) is 9.76. The molecule has 29 heavy (non-hydrogen) atoms. The lowest BCUT2D eigenvalue weighted by atomic mass is 10.1. The van der Waals surface area contributed by atoms with E-state index in [1.54, 1.807) is 13.4 Å². The molecular weight excluding hydrogens is 364 g/mol. The van der Waals surface area contributed by atoms with Gasteiger partial charge in [-0.15, -0.1) is 0 Å². The van der Waals surface area contributed by atoms with Gasteiger partial charge in [-0.1, -0.05) is 48.0 Å². The largest absolute Gasteiger partial charge is 0.496 e. The lowest BCUT2D eigenvalue weighted by Gasteiger charge is -2.13. The van der Waals surface area contributed by atoms with Gasteiger partial charge in [0, 0.05) is 25.7 Å². The molecule has 1 heterocycles. The molecule has 6 nitrogen and oxygen atoms in total. The Morgan fingerprint density at radius 2 is 2.03 bits per heavy atom. The Hall–Kier alpha value is -3.12. The predicted octanol–water partition coefficient (Wildman–Crippen LogP) is 2.48. The highest BCUT2D eigenvalue weighted by molar-refractivity contribution is 5.81. The van der Waals surface area contributed by atoms with Gasteiger partial charge in [0.2, 0.25) is 5.91 Å². The maximum absolute atomic E-state index is 12.4. The van der Waals surface area contributed by atoms with Gasteiger partial charge < -0.3 is 20.4 Å². The van der Waals surface area contributed by atoms with E-state index in [1.807, 2.05) is 48.0 Å². The lowest BCUT2D eigenvalue weighted by Crippen LogP contribution is -2.42. The highest BCUT2D eigenvalue weighted by Gasteiger charge is 2.15. The predicted molar refractivity (Wildman–Crippen MR) is 114 cm³/mol. The Kier molecular flexibility index (Phi) is 7.03. The van der Waals surface area contributed by atoms with Crippen LogP contribution in [0.2, 0.25) is 0 Å². The van der Waals surface area contributed by atoms with Crippen LogP contribution in [0.4, 0.5) is 0 Å². The van der Waals surface area contributed by atoms with E-state index in [-0.39, 0.29) is 5.91 Å². The molecule has 3 aromatic rings. The number of benzene rings is 2. The van der Waals surface area contributed by atoms with Crippen molar-refractivity contribution in [2.75, 3.05) is 13.7 Å². The van der Waals surface area contributed by atoms with Crippen LogP contribution in [-0.4, -0.2) is 35.2 Å². The summed E-state index contributed by atoms with van der Waals surface area (Å²) in [6.07, 6.45) is 4.81. The summed E-state index contributed by atoms with van der Waals surface area (Å²) in [6.45, 7) is 3.29. The fraction of sp³-hybridized carbons (Fsp3) is 0.304. The van der Waals surface area contributed by atoms with Gasteiger partial charge in [0.05, 0.1) is 25.2 Å². The third kappa shape index (κ3) is 5.93. The standard InChI is InChI=1S/C23H28N4O2/c1-17-8-9-22(29-2)19(12-17)10-11-25-23(28)21(24)13-20-15-27(16-26-20)14-18-6-4-3-5-7-18/h3-9,12,15-16,21H,10-11,13-14,24H2,1-2H3,(H,25,28)/t21-/m0/s1. The Morgan fingerprint density at radius 3 is 2.79 bits per heavy atom. The zero-order chi connectivity index (χ0) is 20.6. The first-order valence-electron chi connectivity index (χ1n) is 9.76. The van der Waals surface area contributed by atoms with Crippen molar-refractivity contribution in [3.63, 3.8) is 0 Å².